The quantitative estimate of drug-likeness (QED) is 0.884. The van der Waals surface area contributed by atoms with Gasteiger partial charge in [0.2, 0.25) is 0 Å². The Kier molecular flexibility index (Phi) is 4.49. The maximum absolute atomic E-state index is 12.0. The van der Waals surface area contributed by atoms with Crippen molar-refractivity contribution in [1.29, 1.82) is 0 Å². The van der Waals surface area contributed by atoms with Crippen molar-refractivity contribution in [1.82, 2.24) is 14.9 Å². The first-order valence-electron chi connectivity index (χ1n) is 6.43. The topological polar surface area (TPSA) is 73.3 Å². The highest BCUT2D eigenvalue weighted by Gasteiger charge is 2.32. The molecule has 1 saturated heterocycles. The fraction of sp³-hybridized carbons (Fsp3) is 0.750. The summed E-state index contributed by atoms with van der Waals surface area (Å²) in [5, 5.41) is 6.83. The molecule has 0 spiro atoms. The van der Waals surface area contributed by atoms with E-state index in [1.165, 1.54) is 0 Å². The SMILES string of the molecule is CCCc1nnsc1C(=O)NCC1COC(C)(C)O1. The van der Waals surface area contributed by atoms with Crippen molar-refractivity contribution in [2.24, 2.45) is 0 Å². The summed E-state index contributed by atoms with van der Waals surface area (Å²) in [4.78, 5) is 12.6. The third-order valence-electron chi connectivity index (χ3n) is 2.81. The van der Waals surface area contributed by atoms with Crippen molar-refractivity contribution in [3.8, 4) is 0 Å². The van der Waals surface area contributed by atoms with Gasteiger partial charge in [-0.1, -0.05) is 17.8 Å². The smallest absolute Gasteiger partial charge is 0.265 e. The highest BCUT2D eigenvalue weighted by molar-refractivity contribution is 7.08. The first-order valence-corrected chi connectivity index (χ1v) is 7.20. The molecule has 6 nitrogen and oxygen atoms in total. The molecule has 1 amide bonds. The van der Waals surface area contributed by atoms with Crippen molar-refractivity contribution in [3.05, 3.63) is 10.6 Å². The third kappa shape index (κ3) is 3.71. The number of carbonyl (C=O) groups excluding carboxylic acids is 1. The van der Waals surface area contributed by atoms with E-state index in [2.05, 4.69) is 14.9 Å². The minimum absolute atomic E-state index is 0.102. The van der Waals surface area contributed by atoms with E-state index < -0.39 is 5.79 Å². The van der Waals surface area contributed by atoms with Gasteiger partial charge in [-0.05, 0) is 31.8 Å². The average molecular weight is 285 g/mol. The van der Waals surface area contributed by atoms with Crippen LogP contribution in [0.15, 0.2) is 0 Å². The van der Waals surface area contributed by atoms with Crippen LogP contribution in [0.25, 0.3) is 0 Å². The van der Waals surface area contributed by atoms with Crippen LogP contribution in [-0.4, -0.2) is 40.5 Å². The van der Waals surface area contributed by atoms with Crippen LogP contribution in [0.3, 0.4) is 0 Å². The highest BCUT2D eigenvalue weighted by Crippen LogP contribution is 2.21. The maximum Gasteiger partial charge on any atom is 0.265 e. The predicted octanol–water partition coefficient (Wildman–Crippen LogP) is 1.37. The molecule has 0 aliphatic carbocycles. The second kappa shape index (κ2) is 5.94. The second-order valence-electron chi connectivity index (χ2n) is 4.96. The molecule has 2 rings (SSSR count). The molecule has 0 aromatic carbocycles. The molecule has 0 radical (unpaired) electrons. The molecule has 1 atom stereocenters. The number of aromatic nitrogens is 2. The molecular formula is C12H19N3O3S. The Labute approximate surface area is 116 Å². The Morgan fingerprint density at radius 1 is 1.58 bits per heavy atom. The first-order chi connectivity index (χ1) is 9.02. The van der Waals surface area contributed by atoms with Crippen LogP contribution in [0.5, 0.6) is 0 Å². The van der Waals surface area contributed by atoms with Crippen LogP contribution in [0.1, 0.15) is 42.6 Å². The fourth-order valence-corrected chi connectivity index (χ4v) is 2.56. The van der Waals surface area contributed by atoms with E-state index in [0.29, 0.717) is 18.0 Å². The van der Waals surface area contributed by atoms with Crippen LogP contribution in [0, 0.1) is 0 Å². The summed E-state index contributed by atoms with van der Waals surface area (Å²) in [7, 11) is 0. The van der Waals surface area contributed by atoms with Crippen LogP contribution in [0.2, 0.25) is 0 Å². The Morgan fingerprint density at radius 3 is 3.00 bits per heavy atom. The summed E-state index contributed by atoms with van der Waals surface area (Å²) in [6.45, 7) is 6.71. The van der Waals surface area contributed by atoms with E-state index >= 15 is 0 Å². The van der Waals surface area contributed by atoms with Crippen LogP contribution < -0.4 is 5.32 Å². The lowest BCUT2D eigenvalue weighted by Crippen LogP contribution is -2.34. The van der Waals surface area contributed by atoms with Gasteiger partial charge in [-0.3, -0.25) is 4.79 Å². The van der Waals surface area contributed by atoms with Crippen molar-refractivity contribution in [3.63, 3.8) is 0 Å². The summed E-state index contributed by atoms with van der Waals surface area (Å²) >= 11 is 1.13. The lowest BCUT2D eigenvalue weighted by molar-refractivity contribution is -0.137. The molecule has 7 heteroatoms. The molecule has 1 aliphatic rings. The van der Waals surface area contributed by atoms with Crippen LogP contribution >= 0.6 is 11.5 Å². The molecule has 1 N–H and O–H groups in total. The molecule has 1 unspecified atom stereocenters. The summed E-state index contributed by atoms with van der Waals surface area (Å²) in [5.74, 6) is -0.693. The third-order valence-corrected chi connectivity index (χ3v) is 3.57. The maximum atomic E-state index is 12.0. The number of ether oxygens (including phenoxy) is 2. The van der Waals surface area contributed by atoms with Crippen molar-refractivity contribution in [2.75, 3.05) is 13.2 Å². The number of hydrogen-bond acceptors (Lipinski definition) is 6. The second-order valence-corrected chi connectivity index (χ2v) is 5.71. The van der Waals surface area contributed by atoms with Crippen molar-refractivity contribution < 1.29 is 14.3 Å². The van der Waals surface area contributed by atoms with Gasteiger partial charge in [0.25, 0.3) is 5.91 Å². The minimum atomic E-state index is -0.561. The van der Waals surface area contributed by atoms with Gasteiger partial charge in [0.05, 0.1) is 12.3 Å². The van der Waals surface area contributed by atoms with Gasteiger partial charge in [-0.25, -0.2) is 0 Å². The summed E-state index contributed by atoms with van der Waals surface area (Å²) in [5.41, 5.74) is 0.772. The molecule has 2 heterocycles. The zero-order valence-corrected chi connectivity index (χ0v) is 12.2. The van der Waals surface area contributed by atoms with Gasteiger partial charge < -0.3 is 14.8 Å². The number of nitrogens with zero attached hydrogens (tertiary/aromatic N) is 2. The van der Waals surface area contributed by atoms with E-state index in [1.807, 2.05) is 20.8 Å². The zero-order chi connectivity index (χ0) is 13.9. The first kappa shape index (κ1) is 14.4. The van der Waals surface area contributed by atoms with Crippen molar-refractivity contribution in [2.45, 2.75) is 45.5 Å². The highest BCUT2D eigenvalue weighted by atomic mass is 32.1. The molecule has 0 saturated carbocycles. The van der Waals surface area contributed by atoms with E-state index in [-0.39, 0.29) is 12.0 Å². The Balaban J connectivity index is 1.86. The van der Waals surface area contributed by atoms with Gasteiger partial charge in [-0.15, -0.1) is 5.10 Å². The molecule has 1 aliphatic heterocycles. The van der Waals surface area contributed by atoms with E-state index in [0.717, 1.165) is 30.1 Å². The van der Waals surface area contributed by atoms with Gasteiger partial charge in [0, 0.05) is 6.54 Å². The normalized spacial score (nSPS) is 21.5. The Bertz CT molecular complexity index is 447. The monoisotopic (exact) mass is 285 g/mol. The van der Waals surface area contributed by atoms with Gasteiger partial charge >= 0.3 is 0 Å². The molecule has 1 fully saturated rings. The standard InChI is InChI=1S/C12H19N3O3S/c1-4-5-9-10(19-15-14-9)11(16)13-6-8-7-17-12(2,3)18-8/h8H,4-7H2,1-3H3,(H,13,16). The lowest BCUT2D eigenvalue weighted by atomic mass is 10.2. The van der Waals surface area contributed by atoms with Gasteiger partial charge in [0.1, 0.15) is 11.0 Å². The van der Waals surface area contributed by atoms with E-state index in [4.69, 9.17) is 9.47 Å². The molecular weight excluding hydrogens is 266 g/mol. The largest absolute Gasteiger partial charge is 0.349 e. The number of amides is 1. The molecule has 106 valence electrons. The number of hydrogen-bond donors (Lipinski definition) is 1. The Morgan fingerprint density at radius 2 is 2.37 bits per heavy atom. The molecule has 19 heavy (non-hydrogen) atoms. The van der Waals surface area contributed by atoms with Gasteiger partial charge in [-0.2, -0.15) is 0 Å². The number of carbonyl (C=O) groups is 1. The fourth-order valence-electron chi connectivity index (χ4n) is 1.93. The van der Waals surface area contributed by atoms with E-state index in [1.54, 1.807) is 0 Å². The summed E-state index contributed by atoms with van der Waals surface area (Å²) in [6, 6.07) is 0. The minimum Gasteiger partial charge on any atom is -0.349 e. The molecule has 1 aromatic heterocycles. The molecule has 0 bridgehead atoms. The van der Waals surface area contributed by atoms with Gasteiger partial charge in [0.15, 0.2) is 5.79 Å². The summed E-state index contributed by atoms with van der Waals surface area (Å²) < 4.78 is 14.9. The number of rotatable bonds is 5. The van der Waals surface area contributed by atoms with Crippen LogP contribution in [-0.2, 0) is 15.9 Å². The van der Waals surface area contributed by atoms with Crippen molar-refractivity contribution >= 4 is 17.4 Å². The number of aryl methyl sites for hydroxylation is 1. The molecule has 1 aromatic rings. The lowest BCUT2D eigenvalue weighted by Gasteiger charge is -2.17. The number of nitrogens with one attached hydrogen (secondary N) is 1. The van der Waals surface area contributed by atoms with Crippen LogP contribution in [0.4, 0.5) is 0 Å². The Hall–Kier alpha value is -1.05. The average Bonchev–Trinajstić information content (AvgIpc) is 2.93. The predicted molar refractivity (Wildman–Crippen MR) is 71.1 cm³/mol. The van der Waals surface area contributed by atoms with E-state index in [9.17, 15) is 4.79 Å². The summed E-state index contributed by atoms with van der Waals surface area (Å²) in [6.07, 6.45) is 1.61. The zero-order valence-electron chi connectivity index (χ0n) is 11.4.